The molecule has 118 valence electrons. The van der Waals surface area contributed by atoms with Crippen LogP contribution in [-0.4, -0.2) is 12.1 Å². The van der Waals surface area contributed by atoms with Crippen molar-refractivity contribution < 1.29 is 4.79 Å². The Balaban J connectivity index is 1.65. The lowest BCUT2D eigenvalue weighted by Gasteiger charge is -2.03. The summed E-state index contributed by atoms with van der Waals surface area (Å²) in [5, 5.41) is 3.99. The van der Waals surface area contributed by atoms with Crippen LogP contribution in [0.1, 0.15) is 15.9 Å². The number of carbonyl (C=O) groups is 1. The molecule has 0 unspecified atom stereocenters. The van der Waals surface area contributed by atoms with Crippen molar-refractivity contribution in [2.45, 2.75) is 0 Å². The summed E-state index contributed by atoms with van der Waals surface area (Å²) < 4.78 is 0.967. The van der Waals surface area contributed by atoms with Gasteiger partial charge >= 0.3 is 0 Å². The number of carbonyl (C=O) groups excluding carboxylic acids is 1. The highest BCUT2D eigenvalue weighted by atomic mass is 79.9. The highest BCUT2D eigenvalue weighted by Crippen LogP contribution is 2.19. The topological polar surface area (TPSA) is 41.5 Å². The molecule has 0 saturated heterocycles. The summed E-state index contributed by atoms with van der Waals surface area (Å²) in [6.45, 7) is 0. The lowest BCUT2D eigenvalue weighted by Crippen LogP contribution is -2.17. The van der Waals surface area contributed by atoms with Crippen LogP contribution >= 0.6 is 15.9 Å². The van der Waals surface area contributed by atoms with Crippen molar-refractivity contribution in [3.05, 3.63) is 94.5 Å². The molecule has 3 rings (SSSR count). The van der Waals surface area contributed by atoms with Crippen LogP contribution in [-0.2, 0) is 0 Å². The molecule has 0 radical (unpaired) electrons. The van der Waals surface area contributed by atoms with Gasteiger partial charge in [0.25, 0.3) is 5.91 Å². The normalized spacial score (nSPS) is 10.7. The van der Waals surface area contributed by atoms with Gasteiger partial charge in [-0.05, 0) is 41.0 Å². The number of benzene rings is 3. The fourth-order valence-corrected chi connectivity index (χ4v) is 2.68. The number of nitrogens with zero attached hydrogens (tertiary/aromatic N) is 1. The van der Waals surface area contributed by atoms with Gasteiger partial charge in [0.15, 0.2) is 0 Å². The van der Waals surface area contributed by atoms with Gasteiger partial charge in [-0.3, -0.25) is 4.79 Å². The summed E-state index contributed by atoms with van der Waals surface area (Å²) in [4.78, 5) is 12.1. The SMILES string of the molecule is O=C(N/N=C\c1cccc(Br)c1)c1ccc(-c2ccccc2)cc1. The summed E-state index contributed by atoms with van der Waals surface area (Å²) in [6, 6.07) is 25.2. The Hall–Kier alpha value is -2.72. The maximum Gasteiger partial charge on any atom is 0.271 e. The maximum atomic E-state index is 12.1. The molecular weight excluding hydrogens is 364 g/mol. The van der Waals surface area contributed by atoms with Crippen molar-refractivity contribution in [3.8, 4) is 11.1 Å². The van der Waals surface area contributed by atoms with Crippen LogP contribution in [0, 0.1) is 0 Å². The molecule has 0 aromatic heterocycles. The number of amides is 1. The molecule has 0 aliphatic carbocycles. The first kappa shape index (κ1) is 16.1. The molecule has 0 saturated carbocycles. The molecule has 4 heteroatoms. The molecule has 0 spiro atoms. The van der Waals surface area contributed by atoms with Gasteiger partial charge in [-0.2, -0.15) is 5.10 Å². The molecule has 0 heterocycles. The minimum Gasteiger partial charge on any atom is -0.267 e. The number of hydrogen-bond donors (Lipinski definition) is 1. The van der Waals surface area contributed by atoms with Crippen LogP contribution in [0.15, 0.2) is 88.4 Å². The number of halogens is 1. The van der Waals surface area contributed by atoms with E-state index in [1.54, 1.807) is 18.3 Å². The number of hydrazone groups is 1. The van der Waals surface area contributed by atoms with Crippen molar-refractivity contribution >= 4 is 28.1 Å². The smallest absolute Gasteiger partial charge is 0.267 e. The van der Waals surface area contributed by atoms with E-state index in [0.717, 1.165) is 21.2 Å². The van der Waals surface area contributed by atoms with E-state index in [9.17, 15) is 4.79 Å². The molecule has 3 nitrogen and oxygen atoms in total. The molecule has 0 fully saturated rings. The van der Waals surface area contributed by atoms with Crippen LogP contribution in [0.4, 0.5) is 0 Å². The second kappa shape index (κ2) is 7.70. The first-order valence-corrected chi connectivity index (χ1v) is 8.26. The second-order valence-corrected chi connectivity index (χ2v) is 6.11. The second-order valence-electron chi connectivity index (χ2n) is 5.20. The van der Waals surface area contributed by atoms with E-state index in [0.29, 0.717) is 5.56 Å². The van der Waals surface area contributed by atoms with E-state index in [-0.39, 0.29) is 5.91 Å². The molecule has 0 bridgehead atoms. The van der Waals surface area contributed by atoms with Crippen LogP contribution in [0.5, 0.6) is 0 Å². The average molecular weight is 379 g/mol. The van der Waals surface area contributed by atoms with Crippen LogP contribution in [0.25, 0.3) is 11.1 Å². The summed E-state index contributed by atoms with van der Waals surface area (Å²) >= 11 is 3.40. The monoisotopic (exact) mass is 378 g/mol. The fourth-order valence-electron chi connectivity index (χ4n) is 2.26. The molecule has 3 aromatic carbocycles. The Bertz CT molecular complexity index is 858. The van der Waals surface area contributed by atoms with E-state index >= 15 is 0 Å². The minimum atomic E-state index is -0.235. The van der Waals surface area contributed by atoms with Crippen molar-refractivity contribution in [2.75, 3.05) is 0 Å². The van der Waals surface area contributed by atoms with E-state index in [2.05, 4.69) is 26.5 Å². The zero-order valence-electron chi connectivity index (χ0n) is 12.8. The zero-order valence-corrected chi connectivity index (χ0v) is 14.4. The average Bonchev–Trinajstić information content (AvgIpc) is 2.63. The zero-order chi connectivity index (χ0) is 16.8. The third-order valence-electron chi connectivity index (χ3n) is 3.48. The standard InChI is InChI=1S/C20H15BrN2O/c21-19-8-4-5-15(13-19)14-22-23-20(24)18-11-9-17(10-12-18)16-6-2-1-3-7-16/h1-14H,(H,23,24)/b22-14-. The van der Waals surface area contributed by atoms with Gasteiger partial charge in [0.05, 0.1) is 6.21 Å². The Labute approximate surface area is 149 Å². The lowest BCUT2D eigenvalue weighted by molar-refractivity contribution is 0.0955. The highest BCUT2D eigenvalue weighted by Gasteiger charge is 2.04. The van der Waals surface area contributed by atoms with Crippen LogP contribution < -0.4 is 5.43 Å². The van der Waals surface area contributed by atoms with Gasteiger partial charge in [-0.25, -0.2) is 5.43 Å². The Morgan fingerprint density at radius 2 is 1.58 bits per heavy atom. The van der Waals surface area contributed by atoms with Crippen molar-refractivity contribution in [2.24, 2.45) is 5.10 Å². The van der Waals surface area contributed by atoms with Crippen LogP contribution in [0.2, 0.25) is 0 Å². The number of nitrogens with one attached hydrogen (secondary N) is 1. The van der Waals surface area contributed by atoms with E-state index in [1.165, 1.54) is 0 Å². The van der Waals surface area contributed by atoms with Crippen LogP contribution in [0.3, 0.4) is 0 Å². The number of rotatable bonds is 4. The number of hydrogen-bond acceptors (Lipinski definition) is 2. The molecular formula is C20H15BrN2O. The van der Waals surface area contributed by atoms with Crippen molar-refractivity contribution in [1.82, 2.24) is 5.43 Å². The molecule has 0 aliphatic heterocycles. The summed E-state index contributed by atoms with van der Waals surface area (Å²) in [7, 11) is 0. The summed E-state index contributed by atoms with van der Waals surface area (Å²) in [6.07, 6.45) is 1.61. The van der Waals surface area contributed by atoms with E-state index < -0.39 is 0 Å². The van der Waals surface area contributed by atoms with Gasteiger partial charge in [-0.1, -0.05) is 70.5 Å². The maximum absolute atomic E-state index is 12.1. The third kappa shape index (κ3) is 4.18. The third-order valence-corrected chi connectivity index (χ3v) is 3.98. The Morgan fingerprint density at radius 1 is 0.875 bits per heavy atom. The van der Waals surface area contributed by atoms with Gasteiger partial charge < -0.3 is 0 Å². The first-order chi connectivity index (χ1) is 11.7. The predicted molar refractivity (Wildman–Crippen MR) is 101 cm³/mol. The first-order valence-electron chi connectivity index (χ1n) is 7.47. The van der Waals surface area contributed by atoms with Crippen molar-refractivity contribution in [3.63, 3.8) is 0 Å². The molecule has 0 aliphatic rings. The quantitative estimate of drug-likeness (QED) is 0.510. The van der Waals surface area contributed by atoms with Gasteiger partial charge in [0.2, 0.25) is 0 Å². The van der Waals surface area contributed by atoms with Gasteiger partial charge in [0, 0.05) is 10.0 Å². The molecule has 1 amide bonds. The molecule has 3 aromatic rings. The fraction of sp³-hybridized carbons (Fsp3) is 0. The minimum absolute atomic E-state index is 0.235. The summed E-state index contributed by atoms with van der Waals surface area (Å²) in [5.41, 5.74) is 6.21. The largest absolute Gasteiger partial charge is 0.271 e. The lowest BCUT2D eigenvalue weighted by atomic mass is 10.0. The van der Waals surface area contributed by atoms with Gasteiger partial charge in [-0.15, -0.1) is 0 Å². The van der Waals surface area contributed by atoms with Gasteiger partial charge in [0.1, 0.15) is 0 Å². The predicted octanol–water partition coefficient (Wildman–Crippen LogP) is 4.88. The molecule has 1 N–H and O–H groups in total. The molecule has 0 atom stereocenters. The Kier molecular flexibility index (Phi) is 5.18. The highest BCUT2D eigenvalue weighted by molar-refractivity contribution is 9.10. The van der Waals surface area contributed by atoms with E-state index in [4.69, 9.17) is 0 Å². The van der Waals surface area contributed by atoms with Crippen molar-refractivity contribution in [1.29, 1.82) is 0 Å². The Morgan fingerprint density at radius 3 is 2.29 bits per heavy atom. The molecule has 24 heavy (non-hydrogen) atoms. The van der Waals surface area contributed by atoms with E-state index in [1.807, 2.05) is 66.7 Å². The summed E-state index contributed by atoms with van der Waals surface area (Å²) in [5.74, 6) is -0.235.